The van der Waals surface area contributed by atoms with E-state index in [0.29, 0.717) is 0 Å². The fourth-order valence-corrected chi connectivity index (χ4v) is 1.86. The van der Waals surface area contributed by atoms with Gasteiger partial charge in [-0.2, -0.15) is 0 Å². The van der Waals surface area contributed by atoms with Crippen molar-refractivity contribution in [3.05, 3.63) is 66.1 Å². The molecule has 0 bridgehead atoms. The number of hydrogen-bond donors (Lipinski definition) is 2. The van der Waals surface area contributed by atoms with Gasteiger partial charge in [-0.25, -0.2) is 9.97 Å². The van der Waals surface area contributed by atoms with Gasteiger partial charge in [0.1, 0.15) is 0 Å². The van der Waals surface area contributed by atoms with Crippen LogP contribution < -0.4 is 5.73 Å². The molecule has 0 aliphatic heterocycles. The highest BCUT2D eigenvalue weighted by Crippen LogP contribution is 2.20. The molecule has 20 heavy (non-hydrogen) atoms. The summed E-state index contributed by atoms with van der Waals surface area (Å²) in [4.78, 5) is 11.2. The molecule has 4 heteroatoms. The Morgan fingerprint density at radius 2 is 1.85 bits per heavy atom. The molecular formula is C16H12N4. The monoisotopic (exact) mass is 260 g/mol. The van der Waals surface area contributed by atoms with Crippen LogP contribution in [-0.2, 0) is 0 Å². The summed E-state index contributed by atoms with van der Waals surface area (Å²) in [7, 11) is 0. The molecular weight excluding hydrogens is 248 g/mol. The Bertz CT molecular complexity index is 779. The Balaban J connectivity index is 1.98. The fourth-order valence-electron chi connectivity index (χ4n) is 1.86. The van der Waals surface area contributed by atoms with Gasteiger partial charge < -0.3 is 10.7 Å². The lowest BCUT2D eigenvalue weighted by atomic mass is 10.1. The molecule has 0 aliphatic rings. The number of aromatic amines is 1. The SMILES string of the molecule is Nc1nccc(-c2c[nH]cc2C#Cc2ccccc2)n1. The van der Waals surface area contributed by atoms with Crippen LogP contribution in [0.3, 0.4) is 0 Å². The average Bonchev–Trinajstić information content (AvgIpc) is 2.95. The lowest BCUT2D eigenvalue weighted by molar-refractivity contribution is 1.19. The highest BCUT2D eigenvalue weighted by molar-refractivity contribution is 5.68. The topological polar surface area (TPSA) is 67.6 Å². The third-order valence-corrected chi connectivity index (χ3v) is 2.81. The minimum atomic E-state index is 0.255. The lowest BCUT2D eigenvalue weighted by Crippen LogP contribution is -1.95. The van der Waals surface area contributed by atoms with Gasteiger partial charge in [0.15, 0.2) is 0 Å². The molecule has 0 saturated carbocycles. The van der Waals surface area contributed by atoms with E-state index in [-0.39, 0.29) is 5.95 Å². The van der Waals surface area contributed by atoms with Crippen molar-refractivity contribution in [3.8, 4) is 23.1 Å². The van der Waals surface area contributed by atoms with Crippen molar-refractivity contribution in [2.75, 3.05) is 5.73 Å². The maximum Gasteiger partial charge on any atom is 0.220 e. The minimum Gasteiger partial charge on any atom is -0.368 e. The Labute approximate surface area is 116 Å². The van der Waals surface area contributed by atoms with Crippen LogP contribution in [0.15, 0.2) is 55.0 Å². The van der Waals surface area contributed by atoms with Gasteiger partial charge in [-0.3, -0.25) is 0 Å². The number of nitrogen functional groups attached to an aromatic ring is 1. The van der Waals surface area contributed by atoms with Crippen LogP contribution >= 0.6 is 0 Å². The van der Waals surface area contributed by atoms with Gasteiger partial charge in [0.05, 0.1) is 11.3 Å². The molecule has 0 saturated heterocycles. The molecule has 2 heterocycles. The van der Waals surface area contributed by atoms with Gasteiger partial charge in [-0.05, 0) is 18.2 Å². The van der Waals surface area contributed by atoms with E-state index in [1.807, 2.05) is 48.8 Å². The molecule has 0 spiro atoms. The fraction of sp³-hybridized carbons (Fsp3) is 0. The summed E-state index contributed by atoms with van der Waals surface area (Å²) in [5.41, 5.74) is 9.15. The van der Waals surface area contributed by atoms with Crippen LogP contribution in [0.2, 0.25) is 0 Å². The number of aromatic nitrogens is 3. The Kier molecular flexibility index (Phi) is 3.17. The highest BCUT2D eigenvalue weighted by Gasteiger charge is 2.06. The Morgan fingerprint density at radius 1 is 1.00 bits per heavy atom. The van der Waals surface area contributed by atoms with Crippen molar-refractivity contribution in [2.45, 2.75) is 0 Å². The van der Waals surface area contributed by atoms with E-state index < -0.39 is 0 Å². The predicted octanol–water partition coefficient (Wildman–Crippen LogP) is 2.45. The molecule has 0 atom stereocenters. The normalized spacial score (nSPS) is 9.80. The molecule has 0 amide bonds. The maximum atomic E-state index is 5.61. The second-order valence-electron chi connectivity index (χ2n) is 4.20. The van der Waals surface area contributed by atoms with Gasteiger partial charge in [0.25, 0.3) is 0 Å². The first kappa shape index (κ1) is 12.0. The second-order valence-corrected chi connectivity index (χ2v) is 4.20. The second kappa shape index (κ2) is 5.29. The number of nitrogens with zero attached hydrogens (tertiary/aromatic N) is 2. The molecule has 0 fully saturated rings. The zero-order valence-electron chi connectivity index (χ0n) is 10.7. The van der Waals surface area contributed by atoms with Crippen LogP contribution in [0, 0.1) is 11.8 Å². The van der Waals surface area contributed by atoms with E-state index in [9.17, 15) is 0 Å². The summed E-state index contributed by atoms with van der Waals surface area (Å²) in [5, 5.41) is 0. The molecule has 3 aromatic rings. The number of nitrogens with two attached hydrogens (primary N) is 1. The largest absolute Gasteiger partial charge is 0.368 e. The molecule has 0 radical (unpaired) electrons. The maximum absolute atomic E-state index is 5.61. The summed E-state index contributed by atoms with van der Waals surface area (Å²) >= 11 is 0. The van der Waals surface area contributed by atoms with Crippen LogP contribution in [0.4, 0.5) is 5.95 Å². The number of H-pyrrole nitrogens is 1. The van der Waals surface area contributed by atoms with E-state index in [2.05, 4.69) is 26.8 Å². The van der Waals surface area contributed by atoms with E-state index in [0.717, 1.165) is 22.4 Å². The van der Waals surface area contributed by atoms with Crippen LogP contribution in [-0.4, -0.2) is 15.0 Å². The zero-order chi connectivity index (χ0) is 13.8. The van der Waals surface area contributed by atoms with Crippen molar-refractivity contribution in [1.29, 1.82) is 0 Å². The van der Waals surface area contributed by atoms with Gasteiger partial charge in [0.2, 0.25) is 5.95 Å². The van der Waals surface area contributed by atoms with Crippen molar-refractivity contribution in [2.24, 2.45) is 0 Å². The minimum absolute atomic E-state index is 0.255. The van der Waals surface area contributed by atoms with Gasteiger partial charge in [0, 0.05) is 29.7 Å². The number of hydrogen-bond acceptors (Lipinski definition) is 3. The predicted molar refractivity (Wildman–Crippen MR) is 78.7 cm³/mol. The summed E-state index contributed by atoms with van der Waals surface area (Å²) in [6.45, 7) is 0. The van der Waals surface area contributed by atoms with Crippen LogP contribution in [0.25, 0.3) is 11.3 Å². The van der Waals surface area contributed by atoms with E-state index in [1.165, 1.54) is 0 Å². The number of rotatable bonds is 1. The molecule has 96 valence electrons. The van der Waals surface area contributed by atoms with Crippen LogP contribution in [0.1, 0.15) is 11.1 Å². The van der Waals surface area contributed by atoms with Gasteiger partial charge in [-0.1, -0.05) is 30.0 Å². The molecule has 4 nitrogen and oxygen atoms in total. The molecule has 0 unspecified atom stereocenters. The molecule has 3 rings (SSSR count). The summed E-state index contributed by atoms with van der Waals surface area (Å²) in [6, 6.07) is 11.7. The summed E-state index contributed by atoms with van der Waals surface area (Å²) in [5.74, 6) is 6.53. The molecule has 2 aromatic heterocycles. The summed E-state index contributed by atoms with van der Waals surface area (Å²) in [6.07, 6.45) is 5.35. The number of benzene rings is 1. The average molecular weight is 260 g/mol. The first-order valence-electron chi connectivity index (χ1n) is 6.16. The van der Waals surface area contributed by atoms with E-state index in [1.54, 1.807) is 6.20 Å². The quantitative estimate of drug-likeness (QED) is 0.660. The number of nitrogens with one attached hydrogen (secondary N) is 1. The third-order valence-electron chi connectivity index (χ3n) is 2.81. The number of anilines is 1. The smallest absolute Gasteiger partial charge is 0.220 e. The van der Waals surface area contributed by atoms with Crippen molar-refractivity contribution < 1.29 is 0 Å². The van der Waals surface area contributed by atoms with Crippen molar-refractivity contribution in [1.82, 2.24) is 15.0 Å². The third kappa shape index (κ3) is 2.52. The summed E-state index contributed by atoms with van der Waals surface area (Å²) < 4.78 is 0. The first-order chi connectivity index (χ1) is 9.83. The lowest BCUT2D eigenvalue weighted by Gasteiger charge is -1.98. The van der Waals surface area contributed by atoms with E-state index in [4.69, 9.17) is 5.73 Å². The van der Waals surface area contributed by atoms with Gasteiger partial charge >= 0.3 is 0 Å². The van der Waals surface area contributed by atoms with Gasteiger partial charge in [-0.15, -0.1) is 0 Å². The Hall–Kier alpha value is -3.06. The first-order valence-corrected chi connectivity index (χ1v) is 6.16. The van der Waals surface area contributed by atoms with Crippen molar-refractivity contribution in [3.63, 3.8) is 0 Å². The molecule has 3 N–H and O–H groups in total. The highest BCUT2D eigenvalue weighted by atomic mass is 15.0. The van der Waals surface area contributed by atoms with Crippen LogP contribution in [0.5, 0.6) is 0 Å². The zero-order valence-corrected chi connectivity index (χ0v) is 10.7. The van der Waals surface area contributed by atoms with E-state index >= 15 is 0 Å². The standard InChI is InChI=1S/C16H12N4/c17-16-19-9-8-15(20-16)14-11-18-10-13(14)7-6-12-4-2-1-3-5-12/h1-5,8-11,18H,(H2,17,19,20). The Morgan fingerprint density at radius 3 is 2.65 bits per heavy atom. The molecule has 1 aromatic carbocycles. The molecule has 0 aliphatic carbocycles. The van der Waals surface area contributed by atoms with Crippen molar-refractivity contribution >= 4 is 5.95 Å².